The van der Waals surface area contributed by atoms with Gasteiger partial charge in [0.2, 0.25) is 5.91 Å². The van der Waals surface area contributed by atoms with E-state index in [0.29, 0.717) is 6.42 Å². The minimum atomic E-state index is 0.202. The van der Waals surface area contributed by atoms with Crippen LogP contribution in [0.3, 0.4) is 0 Å². The number of amides is 1. The van der Waals surface area contributed by atoms with Gasteiger partial charge in [-0.25, -0.2) is 0 Å². The highest BCUT2D eigenvalue weighted by Gasteiger charge is 2.22. The first kappa shape index (κ1) is 15.0. The van der Waals surface area contributed by atoms with Crippen molar-refractivity contribution in [2.45, 2.75) is 18.9 Å². The van der Waals surface area contributed by atoms with Crippen LogP contribution in [-0.4, -0.2) is 20.0 Å². The summed E-state index contributed by atoms with van der Waals surface area (Å²) in [4.78, 5) is 13.5. The molecule has 0 spiro atoms. The summed E-state index contributed by atoms with van der Waals surface area (Å²) in [5.41, 5.74) is 4.87. The van der Waals surface area contributed by atoms with Crippen molar-refractivity contribution in [3.05, 3.63) is 49.2 Å². The maximum atomic E-state index is 11.8. The van der Waals surface area contributed by atoms with Crippen LogP contribution in [0, 0.1) is 2.88 Å². The van der Waals surface area contributed by atoms with Crippen molar-refractivity contribution in [1.82, 2.24) is 5.32 Å². The number of halogens is 1. The number of rotatable bonds is 3. The molecule has 0 radical (unpaired) electrons. The first-order chi connectivity index (χ1) is 10.1. The number of aryl methyl sites for hydroxylation is 1. The molecule has 2 aromatic rings. The molecule has 5 heteroatoms. The van der Waals surface area contributed by atoms with Gasteiger partial charge in [0, 0.05) is 19.2 Å². The maximum absolute atomic E-state index is 11.8. The Balaban J connectivity index is 1.98. The van der Waals surface area contributed by atoms with Gasteiger partial charge in [0.15, 0.2) is 0 Å². The average molecular weight is 412 g/mol. The fraction of sp³-hybridized carbons (Fsp3) is 0.312. The van der Waals surface area contributed by atoms with Gasteiger partial charge in [0.05, 0.1) is 8.93 Å². The Kier molecular flexibility index (Phi) is 4.33. The molecule has 110 valence electrons. The molecular weight excluding hydrogens is 395 g/mol. The lowest BCUT2D eigenvalue weighted by Crippen LogP contribution is -2.31. The molecule has 1 aromatic carbocycles. The van der Waals surface area contributed by atoms with Crippen LogP contribution in [0.25, 0.3) is 0 Å². The molecule has 1 aliphatic rings. The van der Waals surface area contributed by atoms with Crippen molar-refractivity contribution < 1.29 is 4.79 Å². The molecule has 1 unspecified atom stereocenters. The first-order valence-electron chi connectivity index (χ1n) is 6.90. The van der Waals surface area contributed by atoms with Crippen molar-refractivity contribution in [2.75, 3.05) is 19.0 Å². The lowest BCUT2D eigenvalue weighted by Gasteiger charge is -2.27. The Labute approximate surface area is 142 Å². The summed E-state index contributed by atoms with van der Waals surface area (Å²) < 4.78 is 1.30. The zero-order valence-corrected chi connectivity index (χ0v) is 15.0. The van der Waals surface area contributed by atoms with E-state index in [9.17, 15) is 4.79 Å². The van der Waals surface area contributed by atoms with Gasteiger partial charge < -0.3 is 10.2 Å². The molecule has 0 aliphatic carbocycles. The molecule has 0 fully saturated rings. The molecule has 3 rings (SSSR count). The molecule has 0 bridgehead atoms. The van der Waals surface area contributed by atoms with Crippen LogP contribution in [0.15, 0.2) is 29.6 Å². The Morgan fingerprint density at radius 2 is 2.10 bits per heavy atom. The van der Waals surface area contributed by atoms with E-state index >= 15 is 0 Å². The number of nitrogens with one attached hydrogen (secondary N) is 1. The van der Waals surface area contributed by atoms with Crippen LogP contribution in [0.1, 0.15) is 29.2 Å². The number of hydrogen-bond acceptors (Lipinski definition) is 3. The molecule has 0 saturated carbocycles. The van der Waals surface area contributed by atoms with E-state index < -0.39 is 0 Å². The predicted molar refractivity (Wildman–Crippen MR) is 96.1 cm³/mol. The maximum Gasteiger partial charge on any atom is 0.227 e. The molecule has 0 saturated heterocycles. The number of nitrogens with zero attached hydrogens (tertiary/aromatic N) is 1. The Morgan fingerprint density at radius 1 is 1.29 bits per heavy atom. The molecule has 3 nitrogen and oxygen atoms in total. The summed E-state index contributed by atoms with van der Waals surface area (Å²) in [6.45, 7) is 0. The zero-order chi connectivity index (χ0) is 15.0. The number of carbonyl (C=O) groups excluding carboxylic acids is 1. The summed E-state index contributed by atoms with van der Waals surface area (Å²) in [5.74, 6) is 0.202. The van der Waals surface area contributed by atoms with E-state index in [0.717, 1.165) is 12.1 Å². The van der Waals surface area contributed by atoms with Gasteiger partial charge >= 0.3 is 0 Å². The fourth-order valence-electron chi connectivity index (χ4n) is 2.86. The third-order valence-electron chi connectivity index (χ3n) is 3.99. The molecule has 1 atom stereocenters. The van der Waals surface area contributed by atoms with E-state index in [4.69, 9.17) is 0 Å². The smallest absolute Gasteiger partial charge is 0.227 e. The highest BCUT2D eigenvalue weighted by Crippen LogP contribution is 2.32. The van der Waals surface area contributed by atoms with Crippen molar-refractivity contribution in [3.63, 3.8) is 0 Å². The van der Waals surface area contributed by atoms with Crippen molar-refractivity contribution in [3.8, 4) is 0 Å². The van der Waals surface area contributed by atoms with Crippen LogP contribution in [-0.2, 0) is 11.2 Å². The van der Waals surface area contributed by atoms with Gasteiger partial charge in [0.1, 0.15) is 0 Å². The fourth-order valence-corrected chi connectivity index (χ4v) is 4.25. The third-order valence-corrected chi connectivity index (χ3v) is 5.80. The van der Waals surface area contributed by atoms with Gasteiger partial charge in [0.25, 0.3) is 0 Å². The number of thiophene rings is 1. The Morgan fingerprint density at radius 3 is 2.76 bits per heavy atom. The highest BCUT2D eigenvalue weighted by molar-refractivity contribution is 14.1. The van der Waals surface area contributed by atoms with Crippen LogP contribution in [0.4, 0.5) is 5.69 Å². The molecule has 1 N–H and O–H groups in total. The van der Waals surface area contributed by atoms with Crippen molar-refractivity contribution in [1.29, 1.82) is 0 Å². The molecule has 1 aliphatic heterocycles. The summed E-state index contributed by atoms with van der Waals surface area (Å²) in [6.07, 6.45) is 1.44. The van der Waals surface area contributed by atoms with Gasteiger partial charge in [-0.15, -0.1) is 11.3 Å². The molecule has 1 amide bonds. The summed E-state index contributed by atoms with van der Waals surface area (Å²) in [7, 11) is 3.85. The summed E-state index contributed by atoms with van der Waals surface area (Å²) >= 11 is 4.12. The number of anilines is 1. The second-order valence-corrected chi connectivity index (χ2v) is 8.05. The largest absolute Gasteiger partial charge is 0.315 e. The minimum Gasteiger partial charge on any atom is -0.315 e. The second kappa shape index (κ2) is 6.06. The van der Waals surface area contributed by atoms with Crippen molar-refractivity contribution >= 4 is 45.5 Å². The van der Waals surface area contributed by atoms with Crippen LogP contribution >= 0.6 is 33.9 Å². The van der Waals surface area contributed by atoms with E-state index in [1.807, 2.05) is 14.1 Å². The van der Waals surface area contributed by atoms with Crippen LogP contribution < -0.4 is 10.2 Å². The summed E-state index contributed by atoms with van der Waals surface area (Å²) in [5, 5.41) is 5.60. The zero-order valence-electron chi connectivity index (χ0n) is 12.0. The summed E-state index contributed by atoms with van der Waals surface area (Å²) in [6, 6.07) is 8.87. The number of carbonyl (C=O) groups is 1. The average Bonchev–Trinajstić information content (AvgIpc) is 2.90. The van der Waals surface area contributed by atoms with Gasteiger partial charge in [-0.2, -0.15) is 0 Å². The Bertz CT molecular complexity index is 683. The quantitative estimate of drug-likeness (QED) is 0.782. The monoisotopic (exact) mass is 412 g/mol. The third kappa shape index (κ3) is 2.86. The minimum absolute atomic E-state index is 0.202. The van der Waals surface area contributed by atoms with E-state index in [2.05, 4.69) is 57.6 Å². The van der Waals surface area contributed by atoms with Gasteiger partial charge in [-0.1, -0.05) is 12.1 Å². The van der Waals surface area contributed by atoms with E-state index in [1.54, 1.807) is 16.2 Å². The number of fused-ring (bicyclic) bond motifs is 1. The van der Waals surface area contributed by atoms with E-state index in [1.165, 1.54) is 19.6 Å². The van der Waals surface area contributed by atoms with Gasteiger partial charge in [-0.3, -0.25) is 4.79 Å². The van der Waals surface area contributed by atoms with Gasteiger partial charge in [-0.05, 0) is 70.3 Å². The standard InChI is InChI=1S/C16H17IN2OS/c1-18-16(12-8-14(17)21-9-12)11-3-5-13-10(7-11)4-6-15(20)19(13)2/h3,5,7-9,16,18H,4,6H2,1-2H3. The molecule has 2 heterocycles. The predicted octanol–water partition coefficient (Wildman–Crippen LogP) is 3.57. The molecular formula is C16H17IN2OS. The number of benzene rings is 1. The second-order valence-electron chi connectivity index (χ2n) is 5.25. The van der Waals surface area contributed by atoms with Crippen LogP contribution in [0.2, 0.25) is 0 Å². The normalized spacial score (nSPS) is 16.0. The topological polar surface area (TPSA) is 32.3 Å². The first-order valence-corrected chi connectivity index (χ1v) is 8.86. The molecule has 21 heavy (non-hydrogen) atoms. The lowest BCUT2D eigenvalue weighted by atomic mass is 9.94. The lowest BCUT2D eigenvalue weighted by molar-refractivity contribution is -0.118. The van der Waals surface area contributed by atoms with Crippen LogP contribution in [0.5, 0.6) is 0 Å². The SMILES string of the molecule is CNC(c1csc(I)c1)c1ccc2c(c1)CCC(=O)N2C. The number of hydrogen-bond donors (Lipinski definition) is 1. The van der Waals surface area contributed by atoms with Crippen molar-refractivity contribution in [2.24, 2.45) is 0 Å². The highest BCUT2D eigenvalue weighted by atomic mass is 127. The van der Waals surface area contributed by atoms with E-state index in [-0.39, 0.29) is 11.9 Å². The Hall–Kier alpha value is -0.920. The molecule has 1 aromatic heterocycles.